The number of anilines is 1. The first-order valence-corrected chi connectivity index (χ1v) is 9.34. The van der Waals surface area contributed by atoms with Crippen molar-refractivity contribution in [1.29, 1.82) is 0 Å². The van der Waals surface area contributed by atoms with Crippen molar-refractivity contribution in [2.45, 2.75) is 6.42 Å². The van der Waals surface area contributed by atoms with Gasteiger partial charge >= 0.3 is 0 Å². The fourth-order valence-electron chi connectivity index (χ4n) is 3.30. The molecule has 1 atom stereocenters. The molecule has 1 saturated heterocycles. The normalized spacial score (nSPS) is 15.8. The molecule has 0 spiro atoms. The summed E-state index contributed by atoms with van der Waals surface area (Å²) in [5.41, 5.74) is 6.49. The molecule has 29 heavy (non-hydrogen) atoms. The summed E-state index contributed by atoms with van der Waals surface area (Å²) in [7, 11) is 1.46. The zero-order valence-corrected chi connectivity index (χ0v) is 16.2. The number of carbonyl (C=O) groups excluding carboxylic acids is 2. The number of methoxy groups -OCH3 is 1. The predicted molar refractivity (Wildman–Crippen MR) is 107 cm³/mol. The average Bonchev–Trinajstić information content (AvgIpc) is 3.19. The highest BCUT2D eigenvalue weighted by Gasteiger charge is 2.23. The highest BCUT2D eigenvalue weighted by atomic mass is 19.1. The maximum absolute atomic E-state index is 13.1. The number of hydrogen-bond donors (Lipinski definition) is 2. The molecular weight excluding hydrogens is 377 g/mol. The molecule has 2 aromatic rings. The molecule has 1 aliphatic rings. The molecule has 1 unspecified atom stereocenters. The maximum atomic E-state index is 13.1. The van der Waals surface area contributed by atoms with Gasteiger partial charge in [-0.3, -0.25) is 9.59 Å². The lowest BCUT2D eigenvalue weighted by atomic mass is 10.1. The van der Waals surface area contributed by atoms with Crippen LogP contribution in [0.1, 0.15) is 16.8 Å². The van der Waals surface area contributed by atoms with Gasteiger partial charge in [0.15, 0.2) is 18.1 Å². The van der Waals surface area contributed by atoms with Gasteiger partial charge in [0.2, 0.25) is 0 Å². The van der Waals surface area contributed by atoms with E-state index in [0.29, 0.717) is 29.5 Å². The van der Waals surface area contributed by atoms with Crippen molar-refractivity contribution >= 4 is 17.5 Å². The second-order valence-electron chi connectivity index (χ2n) is 6.91. The minimum absolute atomic E-state index is 0.218. The quantitative estimate of drug-likeness (QED) is 0.705. The first kappa shape index (κ1) is 20.4. The molecule has 1 aliphatic heterocycles. The third-order valence-corrected chi connectivity index (χ3v) is 4.82. The Hall–Kier alpha value is -3.29. The van der Waals surface area contributed by atoms with Gasteiger partial charge in [-0.05, 0) is 54.8 Å². The molecule has 154 valence electrons. The van der Waals surface area contributed by atoms with Gasteiger partial charge in [-0.2, -0.15) is 0 Å². The van der Waals surface area contributed by atoms with Crippen molar-refractivity contribution in [3.05, 3.63) is 53.8 Å². The first-order chi connectivity index (χ1) is 14.0. The molecule has 0 bridgehead atoms. The fraction of sp³-hybridized carbons (Fsp3) is 0.333. The van der Waals surface area contributed by atoms with Crippen LogP contribution in [0.4, 0.5) is 10.1 Å². The number of primary amides is 1. The van der Waals surface area contributed by atoms with E-state index < -0.39 is 5.91 Å². The van der Waals surface area contributed by atoms with Crippen LogP contribution in [-0.2, 0) is 4.79 Å². The van der Waals surface area contributed by atoms with Crippen molar-refractivity contribution in [3.8, 4) is 11.5 Å². The second kappa shape index (κ2) is 9.27. The number of nitrogens with one attached hydrogen (secondary N) is 1. The lowest BCUT2D eigenvalue weighted by Crippen LogP contribution is -2.31. The number of ether oxygens (including phenoxy) is 2. The third-order valence-electron chi connectivity index (χ3n) is 4.82. The molecule has 3 N–H and O–H groups in total. The molecule has 0 aliphatic carbocycles. The van der Waals surface area contributed by atoms with Gasteiger partial charge in [0.25, 0.3) is 11.8 Å². The van der Waals surface area contributed by atoms with Gasteiger partial charge in [0.1, 0.15) is 5.82 Å². The Morgan fingerprint density at radius 1 is 1.21 bits per heavy atom. The smallest absolute Gasteiger partial charge is 0.255 e. The number of amides is 2. The zero-order chi connectivity index (χ0) is 20.8. The Balaban J connectivity index is 1.54. The Bertz CT molecular complexity index is 873. The Kier molecular flexibility index (Phi) is 6.54. The first-order valence-electron chi connectivity index (χ1n) is 9.34. The van der Waals surface area contributed by atoms with Gasteiger partial charge < -0.3 is 25.4 Å². The van der Waals surface area contributed by atoms with Gasteiger partial charge in [0, 0.05) is 30.9 Å². The molecule has 1 fully saturated rings. The molecule has 1 heterocycles. The van der Waals surface area contributed by atoms with E-state index in [9.17, 15) is 14.0 Å². The SMILES string of the molecule is COc1cc(C(=O)NCC2CCN(c3ccc(F)cc3)C2)ccc1OCC(N)=O. The number of carbonyl (C=O) groups is 2. The summed E-state index contributed by atoms with van der Waals surface area (Å²) in [6.45, 7) is 1.94. The van der Waals surface area contributed by atoms with E-state index in [4.69, 9.17) is 15.2 Å². The third kappa shape index (κ3) is 5.37. The van der Waals surface area contributed by atoms with Crippen molar-refractivity contribution in [1.82, 2.24) is 5.32 Å². The highest BCUT2D eigenvalue weighted by Crippen LogP contribution is 2.28. The summed E-state index contributed by atoms with van der Waals surface area (Å²) < 4.78 is 23.6. The lowest BCUT2D eigenvalue weighted by molar-refractivity contribution is -0.119. The maximum Gasteiger partial charge on any atom is 0.255 e. The van der Waals surface area contributed by atoms with Crippen LogP contribution in [-0.4, -0.2) is 45.2 Å². The van der Waals surface area contributed by atoms with Crippen LogP contribution >= 0.6 is 0 Å². The molecule has 0 saturated carbocycles. The van der Waals surface area contributed by atoms with Gasteiger partial charge in [-0.25, -0.2) is 4.39 Å². The van der Waals surface area contributed by atoms with Crippen molar-refractivity contribution in [2.24, 2.45) is 11.7 Å². The molecule has 0 radical (unpaired) electrons. The summed E-state index contributed by atoms with van der Waals surface area (Å²) in [6, 6.07) is 11.2. The topological polar surface area (TPSA) is 93.9 Å². The Labute approximate surface area is 168 Å². The number of nitrogens with two attached hydrogens (primary N) is 1. The minimum Gasteiger partial charge on any atom is -0.493 e. The monoisotopic (exact) mass is 401 g/mol. The molecule has 3 rings (SSSR count). The van der Waals surface area contributed by atoms with Crippen LogP contribution in [0.25, 0.3) is 0 Å². The number of rotatable bonds is 8. The highest BCUT2D eigenvalue weighted by molar-refractivity contribution is 5.94. The van der Waals surface area contributed by atoms with Crippen LogP contribution < -0.4 is 25.4 Å². The molecule has 2 aromatic carbocycles. The zero-order valence-electron chi connectivity index (χ0n) is 16.2. The number of halogens is 1. The van der Waals surface area contributed by atoms with Gasteiger partial charge in [0.05, 0.1) is 7.11 Å². The summed E-state index contributed by atoms with van der Waals surface area (Å²) in [5, 5.41) is 2.95. The van der Waals surface area contributed by atoms with E-state index in [2.05, 4.69) is 10.2 Å². The average molecular weight is 401 g/mol. The van der Waals surface area contributed by atoms with E-state index in [0.717, 1.165) is 25.2 Å². The van der Waals surface area contributed by atoms with Crippen molar-refractivity contribution < 1.29 is 23.5 Å². The molecule has 7 nitrogen and oxygen atoms in total. The molecule has 2 amide bonds. The predicted octanol–water partition coefficient (Wildman–Crippen LogP) is 1.95. The van der Waals surface area contributed by atoms with E-state index in [1.54, 1.807) is 30.3 Å². The lowest BCUT2D eigenvalue weighted by Gasteiger charge is -2.19. The van der Waals surface area contributed by atoms with Crippen molar-refractivity contribution in [3.63, 3.8) is 0 Å². The fourth-order valence-corrected chi connectivity index (χ4v) is 3.30. The molecule has 8 heteroatoms. The number of nitrogens with zero attached hydrogens (tertiary/aromatic N) is 1. The summed E-state index contributed by atoms with van der Waals surface area (Å²) in [6.07, 6.45) is 0.945. The number of hydrogen-bond acceptors (Lipinski definition) is 5. The van der Waals surface area contributed by atoms with Crippen LogP contribution in [0, 0.1) is 11.7 Å². The number of benzene rings is 2. The molecule has 0 aromatic heterocycles. The van der Waals surface area contributed by atoms with Crippen molar-refractivity contribution in [2.75, 3.05) is 38.3 Å². The standard InChI is InChI=1S/C21H24FN3O4/c1-28-19-10-15(2-7-18(19)29-13-20(23)26)21(27)24-11-14-8-9-25(12-14)17-5-3-16(22)4-6-17/h2-7,10,14H,8-9,11-13H2,1H3,(H2,23,26)(H,24,27). The Morgan fingerprint density at radius 3 is 2.66 bits per heavy atom. The van der Waals surface area contributed by atoms with Crippen LogP contribution in [0.3, 0.4) is 0 Å². The Morgan fingerprint density at radius 2 is 1.97 bits per heavy atom. The largest absolute Gasteiger partial charge is 0.493 e. The van der Waals surface area contributed by atoms with Crippen LogP contribution in [0.5, 0.6) is 11.5 Å². The molecular formula is C21H24FN3O4. The summed E-state index contributed by atoms with van der Waals surface area (Å²) >= 11 is 0. The van der Waals surface area contributed by atoms with E-state index in [1.165, 1.54) is 19.2 Å². The van der Waals surface area contributed by atoms with E-state index in [1.807, 2.05) is 0 Å². The minimum atomic E-state index is -0.597. The van der Waals surface area contributed by atoms with Crippen LogP contribution in [0.15, 0.2) is 42.5 Å². The van der Waals surface area contributed by atoms with Crippen LogP contribution in [0.2, 0.25) is 0 Å². The van der Waals surface area contributed by atoms with Gasteiger partial charge in [-0.1, -0.05) is 0 Å². The summed E-state index contributed by atoms with van der Waals surface area (Å²) in [4.78, 5) is 25.5. The van der Waals surface area contributed by atoms with Gasteiger partial charge in [-0.15, -0.1) is 0 Å². The summed E-state index contributed by atoms with van der Waals surface area (Å²) in [5.74, 6) is -0.0664. The second-order valence-corrected chi connectivity index (χ2v) is 6.91. The van der Waals surface area contributed by atoms with E-state index in [-0.39, 0.29) is 18.3 Å². The van der Waals surface area contributed by atoms with E-state index >= 15 is 0 Å².